The second kappa shape index (κ2) is 6.24. The molecule has 98 valence electrons. The van der Waals surface area contributed by atoms with Gasteiger partial charge in [-0.15, -0.1) is 11.8 Å². The second-order valence-electron chi connectivity index (χ2n) is 3.89. The number of nitrogens with two attached hydrogens (primary N) is 1. The van der Waals surface area contributed by atoms with E-state index in [4.69, 9.17) is 5.73 Å². The summed E-state index contributed by atoms with van der Waals surface area (Å²) in [5.74, 6) is -0.346. The summed E-state index contributed by atoms with van der Waals surface area (Å²) in [5, 5.41) is 2.63. The Balaban J connectivity index is 1.90. The average molecular weight is 276 g/mol. The van der Waals surface area contributed by atoms with E-state index in [1.54, 1.807) is 18.2 Å². The van der Waals surface area contributed by atoms with Crippen LogP contribution in [-0.4, -0.2) is 11.7 Å². The molecule has 0 radical (unpaired) electrons. The highest BCUT2D eigenvalue weighted by atomic mass is 32.2. The predicted molar refractivity (Wildman–Crippen MR) is 76.6 cm³/mol. The zero-order chi connectivity index (χ0) is 13.7. The Labute approximate surface area is 115 Å². The molecule has 3 nitrogen and oxygen atoms in total. The van der Waals surface area contributed by atoms with E-state index in [0.29, 0.717) is 11.4 Å². The molecule has 2 aromatic carbocycles. The molecule has 5 heteroatoms. The average Bonchev–Trinajstić information content (AvgIpc) is 2.38. The lowest BCUT2D eigenvalue weighted by Gasteiger charge is -2.06. The number of para-hydroxylation sites is 1. The van der Waals surface area contributed by atoms with Crippen molar-refractivity contribution >= 4 is 29.0 Å². The van der Waals surface area contributed by atoms with Gasteiger partial charge in [0.2, 0.25) is 5.91 Å². The number of hydrogen-bond acceptors (Lipinski definition) is 3. The summed E-state index contributed by atoms with van der Waals surface area (Å²) < 4.78 is 12.9. The third-order valence-corrected chi connectivity index (χ3v) is 3.48. The molecule has 0 aromatic heterocycles. The minimum Gasteiger partial charge on any atom is -0.398 e. The fourth-order valence-electron chi connectivity index (χ4n) is 1.52. The van der Waals surface area contributed by atoms with Gasteiger partial charge in [-0.05, 0) is 30.3 Å². The SMILES string of the molecule is Nc1ccccc1SCC(=O)Nc1cccc(F)c1. The molecule has 0 aliphatic heterocycles. The number of thioether (sulfide) groups is 1. The molecule has 2 rings (SSSR count). The van der Waals surface area contributed by atoms with Crippen molar-refractivity contribution in [1.82, 2.24) is 0 Å². The van der Waals surface area contributed by atoms with E-state index in [1.165, 1.54) is 23.9 Å². The van der Waals surface area contributed by atoms with E-state index in [-0.39, 0.29) is 17.5 Å². The second-order valence-corrected chi connectivity index (χ2v) is 4.90. The normalized spacial score (nSPS) is 10.2. The Morgan fingerprint density at radius 1 is 1.21 bits per heavy atom. The summed E-state index contributed by atoms with van der Waals surface area (Å²) in [6.45, 7) is 0. The minimum atomic E-state index is -0.377. The summed E-state index contributed by atoms with van der Waals surface area (Å²) in [6.07, 6.45) is 0. The maximum absolute atomic E-state index is 12.9. The molecule has 0 fully saturated rings. The molecule has 3 N–H and O–H groups in total. The van der Waals surface area contributed by atoms with Crippen LogP contribution in [-0.2, 0) is 4.79 Å². The number of benzene rings is 2. The largest absolute Gasteiger partial charge is 0.398 e. The first kappa shape index (κ1) is 13.4. The monoisotopic (exact) mass is 276 g/mol. The van der Waals surface area contributed by atoms with Crippen LogP contribution in [0, 0.1) is 5.82 Å². The molecule has 0 aliphatic rings. The number of nitrogen functional groups attached to an aromatic ring is 1. The highest BCUT2D eigenvalue weighted by molar-refractivity contribution is 8.00. The highest BCUT2D eigenvalue weighted by Crippen LogP contribution is 2.24. The molecule has 0 saturated carbocycles. The lowest BCUT2D eigenvalue weighted by molar-refractivity contribution is -0.113. The van der Waals surface area contributed by atoms with E-state index in [9.17, 15) is 9.18 Å². The van der Waals surface area contributed by atoms with Gasteiger partial charge in [-0.2, -0.15) is 0 Å². The summed E-state index contributed by atoms with van der Waals surface area (Å²) in [6, 6.07) is 13.1. The van der Waals surface area contributed by atoms with Crippen molar-refractivity contribution < 1.29 is 9.18 Å². The molecule has 0 bridgehead atoms. The van der Waals surface area contributed by atoms with Gasteiger partial charge in [0, 0.05) is 16.3 Å². The summed E-state index contributed by atoms with van der Waals surface area (Å²) >= 11 is 1.35. The van der Waals surface area contributed by atoms with Crippen LogP contribution in [0.2, 0.25) is 0 Å². The van der Waals surface area contributed by atoms with Crippen LogP contribution < -0.4 is 11.1 Å². The summed E-state index contributed by atoms with van der Waals surface area (Å²) in [4.78, 5) is 12.6. The third kappa shape index (κ3) is 3.99. The number of halogens is 1. The van der Waals surface area contributed by atoms with Crippen LogP contribution in [0.25, 0.3) is 0 Å². The zero-order valence-corrected chi connectivity index (χ0v) is 10.9. The predicted octanol–water partition coefficient (Wildman–Crippen LogP) is 3.14. The van der Waals surface area contributed by atoms with Crippen molar-refractivity contribution in [2.75, 3.05) is 16.8 Å². The lowest BCUT2D eigenvalue weighted by Crippen LogP contribution is -2.14. The number of nitrogens with one attached hydrogen (secondary N) is 1. The van der Waals surface area contributed by atoms with Crippen molar-refractivity contribution in [2.24, 2.45) is 0 Å². The molecule has 0 aliphatic carbocycles. The van der Waals surface area contributed by atoms with Gasteiger partial charge in [-0.1, -0.05) is 18.2 Å². The van der Waals surface area contributed by atoms with Crippen molar-refractivity contribution in [3.8, 4) is 0 Å². The quantitative estimate of drug-likeness (QED) is 0.666. The fraction of sp³-hybridized carbons (Fsp3) is 0.0714. The number of carbonyl (C=O) groups is 1. The Morgan fingerprint density at radius 2 is 2.00 bits per heavy atom. The molecule has 0 unspecified atom stereocenters. The Kier molecular flexibility index (Phi) is 4.41. The van der Waals surface area contributed by atoms with Gasteiger partial charge in [0.15, 0.2) is 0 Å². The molecule has 19 heavy (non-hydrogen) atoms. The minimum absolute atomic E-state index is 0.196. The Bertz CT molecular complexity index is 589. The van der Waals surface area contributed by atoms with Crippen LogP contribution in [0.4, 0.5) is 15.8 Å². The summed E-state index contributed by atoms with van der Waals surface area (Å²) in [5.41, 5.74) is 6.87. The first-order valence-corrected chi connectivity index (χ1v) is 6.66. The van der Waals surface area contributed by atoms with Crippen LogP contribution in [0.3, 0.4) is 0 Å². The van der Waals surface area contributed by atoms with Crippen LogP contribution >= 0.6 is 11.8 Å². The number of amides is 1. The number of carbonyl (C=O) groups excluding carboxylic acids is 1. The van der Waals surface area contributed by atoms with Gasteiger partial charge in [0.05, 0.1) is 5.75 Å². The first-order chi connectivity index (χ1) is 9.15. The first-order valence-electron chi connectivity index (χ1n) is 5.68. The highest BCUT2D eigenvalue weighted by Gasteiger charge is 2.05. The van der Waals surface area contributed by atoms with E-state index in [2.05, 4.69) is 5.32 Å². The van der Waals surface area contributed by atoms with E-state index >= 15 is 0 Å². The number of anilines is 2. The van der Waals surface area contributed by atoms with Gasteiger partial charge in [-0.3, -0.25) is 4.79 Å². The maximum Gasteiger partial charge on any atom is 0.234 e. The Hall–Kier alpha value is -2.01. The van der Waals surface area contributed by atoms with Crippen molar-refractivity contribution in [3.63, 3.8) is 0 Å². The van der Waals surface area contributed by atoms with E-state index in [0.717, 1.165) is 4.90 Å². The van der Waals surface area contributed by atoms with Gasteiger partial charge < -0.3 is 11.1 Å². The van der Waals surface area contributed by atoms with Crippen molar-refractivity contribution in [3.05, 3.63) is 54.3 Å². The molecule has 0 atom stereocenters. The van der Waals surface area contributed by atoms with Crippen molar-refractivity contribution in [2.45, 2.75) is 4.90 Å². The van der Waals surface area contributed by atoms with Gasteiger partial charge in [0.1, 0.15) is 5.82 Å². The third-order valence-electron chi connectivity index (χ3n) is 2.39. The standard InChI is InChI=1S/C14H13FN2OS/c15-10-4-3-5-11(8-10)17-14(18)9-19-13-7-2-1-6-12(13)16/h1-8H,9,16H2,(H,17,18). The molecular formula is C14H13FN2OS. The smallest absolute Gasteiger partial charge is 0.234 e. The molecular weight excluding hydrogens is 263 g/mol. The molecule has 0 saturated heterocycles. The molecule has 0 spiro atoms. The van der Waals surface area contributed by atoms with Crippen molar-refractivity contribution in [1.29, 1.82) is 0 Å². The van der Waals surface area contributed by atoms with Gasteiger partial charge in [0.25, 0.3) is 0 Å². The van der Waals surface area contributed by atoms with Gasteiger partial charge in [-0.25, -0.2) is 4.39 Å². The zero-order valence-electron chi connectivity index (χ0n) is 10.1. The Morgan fingerprint density at radius 3 is 2.74 bits per heavy atom. The van der Waals surface area contributed by atoms with E-state index in [1.807, 2.05) is 18.2 Å². The summed E-state index contributed by atoms with van der Waals surface area (Å²) in [7, 11) is 0. The topological polar surface area (TPSA) is 55.1 Å². The molecule has 0 heterocycles. The van der Waals surface area contributed by atoms with Crippen LogP contribution in [0.15, 0.2) is 53.4 Å². The van der Waals surface area contributed by atoms with E-state index < -0.39 is 0 Å². The lowest BCUT2D eigenvalue weighted by atomic mass is 10.3. The maximum atomic E-state index is 12.9. The van der Waals surface area contributed by atoms with Gasteiger partial charge >= 0.3 is 0 Å². The van der Waals surface area contributed by atoms with Crippen LogP contribution in [0.1, 0.15) is 0 Å². The fourth-order valence-corrected chi connectivity index (χ4v) is 2.29. The molecule has 1 amide bonds. The number of rotatable bonds is 4. The molecule has 2 aromatic rings. The van der Waals surface area contributed by atoms with Crippen LogP contribution in [0.5, 0.6) is 0 Å². The number of hydrogen-bond donors (Lipinski definition) is 2.